The maximum Gasteiger partial charge on any atom is 0.0726 e. The van der Waals surface area contributed by atoms with Gasteiger partial charge in [-0.05, 0) is 103 Å². The standard InChI is InChI=1S/C56H38N2/c1-55(2)48-25-11-12-27-53(48)58-52-32-30-36(33-44(52)43-21-14-26-49(55)54(43)58)57(51-28-13-16-35-15-3-4-17-38(35)51)37-29-31-42-41-20-7-10-24-47(41)56(50(42)34-37)45-22-8-5-18-39(45)40-19-6-9-23-46(40)56/h3-34H,1-2H3. The monoisotopic (exact) mass is 738 g/mol. The molecule has 2 aliphatic carbocycles. The minimum absolute atomic E-state index is 0.117. The highest BCUT2D eigenvalue weighted by atomic mass is 15.1. The lowest BCUT2D eigenvalue weighted by atomic mass is 9.70. The summed E-state index contributed by atoms with van der Waals surface area (Å²) in [5, 5.41) is 4.99. The van der Waals surface area contributed by atoms with E-state index in [4.69, 9.17) is 0 Å². The van der Waals surface area contributed by atoms with Crippen molar-refractivity contribution in [3.63, 3.8) is 0 Å². The Balaban J connectivity index is 1.11. The van der Waals surface area contributed by atoms with Crippen molar-refractivity contribution in [3.8, 4) is 27.9 Å². The fourth-order valence-corrected chi connectivity index (χ4v) is 11.3. The van der Waals surface area contributed by atoms with Gasteiger partial charge in [0.2, 0.25) is 0 Å². The highest BCUT2D eigenvalue weighted by Crippen LogP contribution is 2.63. The third kappa shape index (κ3) is 3.88. The Morgan fingerprint density at radius 1 is 0.397 bits per heavy atom. The lowest BCUT2D eigenvalue weighted by molar-refractivity contribution is 0.630. The zero-order chi connectivity index (χ0) is 38.3. The van der Waals surface area contributed by atoms with Crippen molar-refractivity contribution < 1.29 is 0 Å². The maximum absolute atomic E-state index is 2.51. The second kappa shape index (κ2) is 11.2. The van der Waals surface area contributed by atoms with Gasteiger partial charge in [0.25, 0.3) is 0 Å². The zero-order valence-electron chi connectivity index (χ0n) is 32.4. The van der Waals surface area contributed by atoms with E-state index in [1.807, 2.05) is 0 Å². The van der Waals surface area contributed by atoms with Gasteiger partial charge in [0.15, 0.2) is 0 Å². The van der Waals surface area contributed by atoms with Gasteiger partial charge in [-0.3, -0.25) is 0 Å². The van der Waals surface area contributed by atoms with E-state index in [2.05, 4.69) is 217 Å². The van der Waals surface area contributed by atoms with Crippen molar-refractivity contribution >= 4 is 49.6 Å². The minimum Gasteiger partial charge on any atom is -0.310 e. The molecule has 0 unspecified atom stereocenters. The predicted octanol–water partition coefficient (Wildman–Crippen LogP) is 14.4. The number of benzene rings is 9. The van der Waals surface area contributed by atoms with E-state index in [9.17, 15) is 0 Å². The maximum atomic E-state index is 2.51. The summed E-state index contributed by atoms with van der Waals surface area (Å²) in [6, 6.07) is 73.0. The van der Waals surface area contributed by atoms with Gasteiger partial charge in [0.05, 0.1) is 27.8 Å². The van der Waals surface area contributed by atoms with Crippen LogP contribution in [0.2, 0.25) is 0 Å². The van der Waals surface area contributed by atoms with Gasteiger partial charge in [0.1, 0.15) is 0 Å². The summed E-state index contributed by atoms with van der Waals surface area (Å²) in [5.74, 6) is 0. The Labute approximate surface area is 337 Å². The van der Waals surface area contributed by atoms with Crippen LogP contribution in [0.4, 0.5) is 17.1 Å². The van der Waals surface area contributed by atoms with Crippen LogP contribution in [-0.2, 0) is 10.8 Å². The molecular weight excluding hydrogens is 701 g/mol. The first kappa shape index (κ1) is 32.0. The van der Waals surface area contributed by atoms with E-state index in [-0.39, 0.29) is 5.41 Å². The average molecular weight is 739 g/mol. The summed E-state index contributed by atoms with van der Waals surface area (Å²) in [6.07, 6.45) is 0. The van der Waals surface area contributed by atoms with Crippen LogP contribution in [0.3, 0.4) is 0 Å². The molecule has 0 saturated heterocycles. The van der Waals surface area contributed by atoms with Crippen molar-refractivity contribution in [1.29, 1.82) is 0 Å². The Kier molecular flexibility index (Phi) is 6.20. The summed E-state index contributed by atoms with van der Waals surface area (Å²) >= 11 is 0. The summed E-state index contributed by atoms with van der Waals surface area (Å²) in [5.41, 5.74) is 20.1. The number of hydrogen-bond donors (Lipinski definition) is 0. The molecule has 0 N–H and O–H groups in total. The number of rotatable bonds is 3. The lowest BCUT2D eigenvalue weighted by Gasteiger charge is -2.34. The SMILES string of the molecule is CC1(C)c2ccccc2-n2c3ccc(N(c4ccc5c(c4)C4(c6ccccc6-c6ccccc64)c4ccccc4-5)c4cccc5ccccc45)cc3c3cccc1c32. The van der Waals surface area contributed by atoms with Crippen molar-refractivity contribution in [1.82, 2.24) is 4.57 Å². The van der Waals surface area contributed by atoms with Gasteiger partial charge >= 0.3 is 0 Å². The molecule has 10 aromatic rings. The van der Waals surface area contributed by atoms with Crippen LogP contribution in [0, 0.1) is 0 Å². The van der Waals surface area contributed by atoms with Crippen molar-refractivity contribution in [2.24, 2.45) is 0 Å². The van der Waals surface area contributed by atoms with Gasteiger partial charge in [-0.2, -0.15) is 0 Å². The number of hydrogen-bond acceptors (Lipinski definition) is 1. The molecule has 9 aromatic carbocycles. The molecule has 1 spiro atoms. The normalized spacial score (nSPS) is 14.7. The molecule has 0 atom stereocenters. The molecule has 0 amide bonds. The van der Waals surface area contributed by atoms with Crippen molar-refractivity contribution in [2.75, 3.05) is 4.90 Å². The van der Waals surface area contributed by atoms with Crippen LogP contribution < -0.4 is 4.90 Å². The summed E-state index contributed by atoms with van der Waals surface area (Å²) in [4.78, 5) is 2.51. The Hall–Kier alpha value is -7.16. The number of aromatic nitrogens is 1. The topological polar surface area (TPSA) is 8.17 Å². The van der Waals surface area contributed by atoms with E-state index in [0.29, 0.717) is 0 Å². The van der Waals surface area contributed by atoms with Gasteiger partial charge < -0.3 is 9.47 Å². The van der Waals surface area contributed by atoms with E-state index >= 15 is 0 Å². The molecule has 3 aliphatic rings. The summed E-state index contributed by atoms with van der Waals surface area (Å²) in [7, 11) is 0. The van der Waals surface area contributed by atoms with E-state index < -0.39 is 5.41 Å². The van der Waals surface area contributed by atoms with Crippen molar-refractivity contribution in [2.45, 2.75) is 24.7 Å². The molecule has 1 aliphatic heterocycles. The van der Waals surface area contributed by atoms with Gasteiger partial charge in [-0.25, -0.2) is 0 Å². The van der Waals surface area contributed by atoms with Crippen LogP contribution in [0.5, 0.6) is 0 Å². The molecule has 2 heterocycles. The molecule has 0 bridgehead atoms. The number of anilines is 3. The molecule has 0 saturated carbocycles. The van der Waals surface area contributed by atoms with Crippen LogP contribution in [0.25, 0.3) is 60.5 Å². The quantitative estimate of drug-likeness (QED) is 0.175. The van der Waals surface area contributed by atoms with Crippen LogP contribution in [-0.4, -0.2) is 4.57 Å². The third-order valence-electron chi connectivity index (χ3n) is 13.8. The first-order chi connectivity index (χ1) is 28.5. The van der Waals surface area contributed by atoms with Crippen LogP contribution in [0.1, 0.15) is 47.2 Å². The van der Waals surface area contributed by atoms with Crippen molar-refractivity contribution in [3.05, 3.63) is 228 Å². The molecule has 2 nitrogen and oxygen atoms in total. The zero-order valence-corrected chi connectivity index (χ0v) is 32.4. The Morgan fingerprint density at radius 2 is 0.931 bits per heavy atom. The summed E-state index contributed by atoms with van der Waals surface area (Å²) < 4.78 is 2.51. The number of para-hydroxylation sites is 2. The minimum atomic E-state index is -0.428. The Morgan fingerprint density at radius 3 is 1.67 bits per heavy atom. The van der Waals surface area contributed by atoms with Crippen LogP contribution in [0.15, 0.2) is 194 Å². The molecule has 0 fully saturated rings. The highest BCUT2D eigenvalue weighted by molar-refractivity contribution is 6.13. The second-order valence-corrected chi connectivity index (χ2v) is 16.8. The largest absolute Gasteiger partial charge is 0.310 e. The first-order valence-electron chi connectivity index (χ1n) is 20.4. The average Bonchev–Trinajstić information content (AvgIpc) is 3.88. The molecular formula is C56H38N2. The fourth-order valence-electron chi connectivity index (χ4n) is 11.3. The van der Waals surface area contributed by atoms with E-state index in [1.165, 1.54) is 93.9 Å². The molecule has 2 heteroatoms. The first-order valence-corrected chi connectivity index (χ1v) is 20.4. The summed E-state index contributed by atoms with van der Waals surface area (Å²) in [6.45, 7) is 4.74. The lowest BCUT2D eigenvalue weighted by Crippen LogP contribution is -2.26. The van der Waals surface area contributed by atoms with Gasteiger partial charge in [-0.1, -0.05) is 166 Å². The third-order valence-corrected chi connectivity index (χ3v) is 13.8. The molecule has 13 rings (SSSR count). The molecule has 58 heavy (non-hydrogen) atoms. The molecule has 0 radical (unpaired) electrons. The van der Waals surface area contributed by atoms with Gasteiger partial charge in [0, 0.05) is 32.9 Å². The molecule has 272 valence electrons. The van der Waals surface area contributed by atoms with Crippen LogP contribution >= 0.6 is 0 Å². The smallest absolute Gasteiger partial charge is 0.0726 e. The Bertz CT molecular complexity index is 3330. The predicted molar refractivity (Wildman–Crippen MR) is 241 cm³/mol. The fraction of sp³-hybridized carbons (Fsp3) is 0.0714. The van der Waals surface area contributed by atoms with E-state index in [0.717, 1.165) is 17.1 Å². The van der Waals surface area contributed by atoms with E-state index in [1.54, 1.807) is 0 Å². The second-order valence-electron chi connectivity index (χ2n) is 16.8. The number of nitrogens with zero attached hydrogens (tertiary/aromatic N) is 2. The number of fused-ring (bicyclic) bond motifs is 16. The van der Waals surface area contributed by atoms with Gasteiger partial charge in [-0.15, -0.1) is 0 Å². The highest BCUT2D eigenvalue weighted by Gasteiger charge is 2.51. The molecule has 1 aromatic heterocycles.